The first-order valence-electron chi connectivity index (χ1n) is 9.39. The van der Waals surface area contributed by atoms with Gasteiger partial charge < -0.3 is 15.2 Å². The second-order valence-corrected chi connectivity index (χ2v) is 7.83. The molecule has 1 amide bonds. The second-order valence-electron chi connectivity index (χ2n) is 7.83. The van der Waals surface area contributed by atoms with Gasteiger partial charge in [0.25, 0.3) is 0 Å². The third kappa shape index (κ3) is 4.58. The standard InChI is InChI=1S/C22H27N3O3/c1-22(2,3)21(27)24-19(15-28-14-16-8-5-4-6-9-16)20-23-12-17-10-7-11-18(13-26)25(17)20/h4-12,19,26H,13-15H2,1-3H3,(H,24,27). The molecule has 2 heterocycles. The fourth-order valence-electron chi connectivity index (χ4n) is 2.94. The van der Waals surface area contributed by atoms with Crippen LogP contribution in [0.5, 0.6) is 0 Å². The van der Waals surface area contributed by atoms with Crippen LogP contribution < -0.4 is 5.32 Å². The lowest BCUT2D eigenvalue weighted by Gasteiger charge is -2.24. The summed E-state index contributed by atoms with van der Waals surface area (Å²) in [5.74, 6) is 0.560. The van der Waals surface area contributed by atoms with Crippen molar-refractivity contribution in [1.82, 2.24) is 14.7 Å². The molecule has 1 atom stereocenters. The Morgan fingerprint density at radius 3 is 2.61 bits per heavy atom. The topological polar surface area (TPSA) is 75.9 Å². The van der Waals surface area contributed by atoms with E-state index in [2.05, 4.69) is 10.3 Å². The molecule has 0 bridgehead atoms. The fraction of sp³-hybridized carbons (Fsp3) is 0.364. The fourth-order valence-corrected chi connectivity index (χ4v) is 2.94. The maximum Gasteiger partial charge on any atom is 0.226 e. The molecule has 0 spiro atoms. The van der Waals surface area contributed by atoms with Crippen LogP contribution in [-0.2, 0) is 22.7 Å². The predicted molar refractivity (Wildman–Crippen MR) is 108 cm³/mol. The number of rotatable bonds is 7. The highest BCUT2D eigenvalue weighted by atomic mass is 16.5. The number of benzene rings is 1. The second kappa shape index (κ2) is 8.54. The first kappa shape index (κ1) is 20.0. The molecule has 3 rings (SSSR count). The molecule has 28 heavy (non-hydrogen) atoms. The highest BCUT2D eigenvalue weighted by molar-refractivity contribution is 5.81. The average molecular weight is 381 g/mol. The van der Waals surface area contributed by atoms with Crippen molar-refractivity contribution in [1.29, 1.82) is 0 Å². The van der Waals surface area contributed by atoms with E-state index in [0.29, 0.717) is 18.1 Å². The van der Waals surface area contributed by atoms with Crippen molar-refractivity contribution >= 4 is 11.4 Å². The molecule has 6 nitrogen and oxygen atoms in total. The number of nitrogens with one attached hydrogen (secondary N) is 1. The normalized spacial score (nSPS) is 12.9. The van der Waals surface area contributed by atoms with Crippen molar-refractivity contribution in [2.24, 2.45) is 5.41 Å². The number of carbonyl (C=O) groups excluding carboxylic acids is 1. The molecule has 0 saturated heterocycles. The Bertz CT molecular complexity index is 929. The molecular formula is C22H27N3O3. The Morgan fingerprint density at radius 2 is 1.93 bits per heavy atom. The number of nitrogens with zero attached hydrogens (tertiary/aromatic N) is 2. The number of aliphatic hydroxyl groups excluding tert-OH is 1. The first-order chi connectivity index (χ1) is 13.4. The lowest BCUT2D eigenvalue weighted by atomic mass is 9.95. The van der Waals surface area contributed by atoms with Crippen LogP contribution in [-0.4, -0.2) is 27.0 Å². The van der Waals surface area contributed by atoms with Crippen molar-refractivity contribution < 1.29 is 14.6 Å². The highest BCUT2D eigenvalue weighted by Gasteiger charge is 2.27. The number of ether oxygens (including phenoxy) is 1. The lowest BCUT2D eigenvalue weighted by molar-refractivity contribution is -0.129. The number of amides is 1. The summed E-state index contributed by atoms with van der Waals surface area (Å²) < 4.78 is 7.79. The highest BCUT2D eigenvalue weighted by Crippen LogP contribution is 2.21. The van der Waals surface area contributed by atoms with Gasteiger partial charge in [0, 0.05) is 5.41 Å². The third-order valence-corrected chi connectivity index (χ3v) is 4.52. The van der Waals surface area contributed by atoms with Crippen molar-refractivity contribution in [3.8, 4) is 0 Å². The van der Waals surface area contributed by atoms with Crippen LogP contribution in [0.15, 0.2) is 54.7 Å². The monoisotopic (exact) mass is 381 g/mol. The molecule has 0 aliphatic rings. The maximum absolute atomic E-state index is 12.6. The Morgan fingerprint density at radius 1 is 1.18 bits per heavy atom. The number of hydrogen-bond acceptors (Lipinski definition) is 4. The van der Waals surface area contributed by atoms with Crippen LogP contribution in [0.2, 0.25) is 0 Å². The Labute approximate surface area is 165 Å². The smallest absolute Gasteiger partial charge is 0.226 e. The van der Waals surface area contributed by atoms with E-state index in [-0.39, 0.29) is 19.1 Å². The molecule has 2 N–H and O–H groups in total. The first-order valence-corrected chi connectivity index (χ1v) is 9.39. The predicted octanol–water partition coefficient (Wildman–Crippen LogP) is 3.25. The van der Waals surface area contributed by atoms with E-state index >= 15 is 0 Å². The molecule has 0 aliphatic heterocycles. The number of carbonyl (C=O) groups is 1. The van der Waals surface area contributed by atoms with Crippen molar-refractivity contribution in [3.63, 3.8) is 0 Å². The van der Waals surface area contributed by atoms with Gasteiger partial charge >= 0.3 is 0 Å². The van der Waals surface area contributed by atoms with E-state index < -0.39 is 11.5 Å². The summed E-state index contributed by atoms with van der Waals surface area (Å²) >= 11 is 0. The maximum atomic E-state index is 12.6. The van der Waals surface area contributed by atoms with E-state index in [1.807, 2.05) is 73.7 Å². The van der Waals surface area contributed by atoms with Crippen LogP contribution >= 0.6 is 0 Å². The zero-order valence-corrected chi connectivity index (χ0v) is 16.6. The van der Waals surface area contributed by atoms with Gasteiger partial charge in [0.15, 0.2) is 0 Å². The summed E-state index contributed by atoms with van der Waals surface area (Å²) in [5, 5.41) is 12.8. The largest absolute Gasteiger partial charge is 0.390 e. The van der Waals surface area contributed by atoms with Gasteiger partial charge in [-0.3, -0.25) is 9.20 Å². The van der Waals surface area contributed by atoms with Crippen LogP contribution in [0.3, 0.4) is 0 Å². The minimum atomic E-state index is -0.537. The van der Waals surface area contributed by atoms with E-state index in [0.717, 1.165) is 11.1 Å². The quantitative estimate of drug-likeness (QED) is 0.659. The number of hydrogen-bond donors (Lipinski definition) is 2. The summed E-state index contributed by atoms with van der Waals surface area (Å²) in [6, 6.07) is 15.1. The zero-order valence-electron chi connectivity index (χ0n) is 16.6. The molecular weight excluding hydrogens is 354 g/mol. The van der Waals surface area contributed by atoms with Crippen molar-refractivity contribution in [3.05, 3.63) is 71.8 Å². The zero-order chi connectivity index (χ0) is 20.1. The molecule has 3 aromatic rings. The van der Waals surface area contributed by atoms with Gasteiger partial charge in [-0.1, -0.05) is 57.2 Å². The Kier molecular flexibility index (Phi) is 6.11. The molecule has 6 heteroatoms. The summed E-state index contributed by atoms with van der Waals surface area (Å²) in [4.78, 5) is 17.2. The van der Waals surface area contributed by atoms with Gasteiger partial charge in [0.2, 0.25) is 5.91 Å². The number of fused-ring (bicyclic) bond motifs is 1. The molecule has 0 fully saturated rings. The van der Waals surface area contributed by atoms with Crippen LogP contribution in [0.4, 0.5) is 0 Å². The van der Waals surface area contributed by atoms with Crippen molar-refractivity contribution in [2.75, 3.05) is 6.61 Å². The summed E-state index contributed by atoms with van der Waals surface area (Å²) in [6.45, 7) is 6.20. The number of imidazole rings is 1. The average Bonchev–Trinajstić information content (AvgIpc) is 3.11. The van der Waals surface area contributed by atoms with Gasteiger partial charge in [-0.25, -0.2) is 4.98 Å². The van der Waals surface area contributed by atoms with Crippen LogP contribution in [0.1, 0.15) is 43.9 Å². The lowest BCUT2D eigenvalue weighted by Crippen LogP contribution is -2.40. The minimum Gasteiger partial charge on any atom is -0.390 e. The molecule has 0 aliphatic carbocycles. The third-order valence-electron chi connectivity index (χ3n) is 4.52. The van der Waals surface area contributed by atoms with Gasteiger partial charge in [-0.2, -0.15) is 0 Å². The van der Waals surface area contributed by atoms with Gasteiger partial charge in [0.1, 0.15) is 11.9 Å². The van der Waals surface area contributed by atoms with Gasteiger partial charge in [-0.05, 0) is 17.7 Å². The van der Waals surface area contributed by atoms with Crippen molar-refractivity contribution in [2.45, 2.75) is 40.0 Å². The SMILES string of the molecule is CC(C)(C)C(=O)NC(COCc1ccccc1)c1ncc2cccc(CO)n12. The summed E-state index contributed by atoms with van der Waals surface area (Å²) in [5.41, 5.74) is 2.10. The number of pyridine rings is 1. The molecule has 2 aromatic heterocycles. The Balaban J connectivity index is 1.86. The van der Waals surface area contributed by atoms with Crippen LogP contribution in [0, 0.1) is 5.41 Å². The summed E-state index contributed by atoms with van der Waals surface area (Å²) in [6.07, 6.45) is 1.74. The van der Waals surface area contributed by atoms with Crippen LogP contribution in [0.25, 0.3) is 5.52 Å². The summed E-state index contributed by atoms with van der Waals surface area (Å²) in [7, 11) is 0. The number of aliphatic hydroxyl groups is 1. The van der Waals surface area contributed by atoms with E-state index in [1.54, 1.807) is 6.20 Å². The molecule has 0 radical (unpaired) electrons. The van der Waals surface area contributed by atoms with Gasteiger partial charge in [0.05, 0.1) is 37.2 Å². The molecule has 1 aromatic carbocycles. The van der Waals surface area contributed by atoms with E-state index in [9.17, 15) is 9.90 Å². The molecule has 1 unspecified atom stereocenters. The Hall–Kier alpha value is -2.70. The van der Waals surface area contributed by atoms with E-state index in [1.165, 1.54) is 0 Å². The van der Waals surface area contributed by atoms with E-state index in [4.69, 9.17) is 4.74 Å². The van der Waals surface area contributed by atoms with Gasteiger partial charge in [-0.15, -0.1) is 0 Å². The number of aromatic nitrogens is 2. The molecule has 148 valence electrons. The minimum absolute atomic E-state index is 0.0842. The molecule has 0 saturated carbocycles.